The molecule has 0 aliphatic carbocycles. The van der Waals surface area contributed by atoms with Gasteiger partial charge >= 0.3 is 6.03 Å². The predicted octanol–water partition coefficient (Wildman–Crippen LogP) is 2.65. The fourth-order valence-corrected chi connectivity index (χ4v) is 1.87. The fraction of sp³-hybridized carbons (Fsp3) is 0.500. The molecule has 3 N–H and O–H groups in total. The molecule has 1 aromatic rings. The van der Waals surface area contributed by atoms with Gasteiger partial charge in [-0.15, -0.1) is 0 Å². The molecule has 7 heteroatoms. The molecular formula is C14H20F2N2O3. The summed E-state index contributed by atoms with van der Waals surface area (Å²) in [6, 6.07) is 0.979. The van der Waals surface area contributed by atoms with Gasteiger partial charge in [0.05, 0.1) is 24.9 Å². The zero-order valence-electron chi connectivity index (χ0n) is 12.3. The first kappa shape index (κ1) is 17.2. The molecule has 0 saturated carbocycles. The maximum atomic E-state index is 13.7. The molecule has 0 atom stereocenters. The number of methoxy groups -OCH3 is 1. The van der Waals surface area contributed by atoms with Gasteiger partial charge in [0.1, 0.15) is 0 Å². The number of anilines is 1. The monoisotopic (exact) mass is 302 g/mol. The number of aliphatic hydroxyl groups excluding tert-OH is 1. The van der Waals surface area contributed by atoms with E-state index in [1.54, 1.807) is 0 Å². The van der Waals surface area contributed by atoms with Crippen LogP contribution >= 0.6 is 0 Å². The number of ether oxygens (including phenoxy) is 1. The first-order chi connectivity index (χ1) is 9.91. The van der Waals surface area contributed by atoms with Gasteiger partial charge in [-0.2, -0.15) is 0 Å². The predicted molar refractivity (Wildman–Crippen MR) is 75.5 cm³/mol. The number of amides is 2. The third-order valence-electron chi connectivity index (χ3n) is 3.52. The van der Waals surface area contributed by atoms with Gasteiger partial charge < -0.3 is 20.5 Å². The third-order valence-corrected chi connectivity index (χ3v) is 3.52. The number of hydrogen-bond donors (Lipinski definition) is 3. The summed E-state index contributed by atoms with van der Waals surface area (Å²) in [5.41, 5.74) is -1.09. The van der Waals surface area contributed by atoms with Crippen molar-refractivity contribution in [2.24, 2.45) is 0 Å². The maximum Gasteiger partial charge on any atom is 0.319 e. The molecule has 1 rings (SSSR count). The number of nitrogens with one attached hydrogen (secondary N) is 2. The highest BCUT2D eigenvalue weighted by Crippen LogP contribution is 2.24. The van der Waals surface area contributed by atoms with Gasteiger partial charge in [0, 0.05) is 12.1 Å². The molecule has 118 valence electrons. The number of carbonyl (C=O) groups is 1. The molecular weight excluding hydrogens is 282 g/mol. The van der Waals surface area contributed by atoms with E-state index in [0.717, 1.165) is 12.1 Å². The summed E-state index contributed by atoms with van der Waals surface area (Å²) in [5.74, 6) is -1.84. The molecule has 0 radical (unpaired) electrons. The summed E-state index contributed by atoms with van der Waals surface area (Å²) in [5, 5.41) is 14.2. The normalized spacial score (nSPS) is 11.1. The number of benzene rings is 1. The van der Waals surface area contributed by atoms with Gasteiger partial charge in [-0.05, 0) is 12.8 Å². The Kier molecular flexibility index (Phi) is 5.90. The summed E-state index contributed by atoms with van der Waals surface area (Å²) in [7, 11) is 1.22. The molecule has 0 saturated heterocycles. The third kappa shape index (κ3) is 4.04. The summed E-state index contributed by atoms with van der Waals surface area (Å²) in [4.78, 5) is 11.9. The van der Waals surface area contributed by atoms with Crippen LogP contribution in [0.5, 0.6) is 5.75 Å². The summed E-state index contributed by atoms with van der Waals surface area (Å²) in [6.07, 6.45) is 1.01. The van der Waals surface area contributed by atoms with E-state index < -0.39 is 23.2 Å². The van der Waals surface area contributed by atoms with Gasteiger partial charge in [-0.1, -0.05) is 13.8 Å². The van der Waals surface area contributed by atoms with Crippen LogP contribution in [0.15, 0.2) is 12.1 Å². The molecule has 0 aliphatic heterocycles. The van der Waals surface area contributed by atoms with Gasteiger partial charge in [0.25, 0.3) is 0 Å². The van der Waals surface area contributed by atoms with Crippen molar-refractivity contribution in [3.8, 4) is 5.75 Å². The van der Waals surface area contributed by atoms with Gasteiger partial charge in [-0.3, -0.25) is 0 Å². The second-order valence-corrected chi connectivity index (χ2v) is 4.69. The SMILES string of the molecule is CCC(CC)(CO)NC(=O)Nc1cc(F)c(OC)cc1F. The zero-order chi connectivity index (χ0) is 16.0. The highest BCUT2D eigenvalue weighted by atomic mass is 19.1. The van der Waals surface area contributed by atoms with Crippen molar-refractivity contribution in [1.29, 1.82) is 0 Å². The van der Waals surface area contributed by atoms with E-state index in [1.165, 1.54) is 7.11 Å². The summed E-state index contributed by atoms with van der Waals surface area (Å²) in [6.45, 7) is 3.38. The zero-order valence-corrected chi connectivity index (χ0v) is 12.3. The van der Waals surface area contributed by atoms with Crippen LogP contribution in [0.2, 0.25) is 0 Å². The van der Waals surface area contributed by atoms with E-state index >= 15 is 0 Å². The minimum absolute atomic E-state index is 0.243. The lowest BCUT2D eigenvalue weighted by atomic mass is 9.94. The first-order valence-electron chi connectivity index (χ1n) is 6.64. The lowest BCUT2D eigenvalue weighted by Gasteiger charge is -2.30. The van der Waals surface area contributed by atoms with E-state index in [1.807, 2.05) is 13.8 Å². The number of hydrogen-bond acceptors (Lipinski definition) is 3. The largest absolute Gasteiger partial charge is 0.494 e. The standard InChI is InChI=1S/C14H20F2N2O3/c1-4-14(5-2,8-19)18-13(20)17-11-6-10(16)12(21-3)7-9(11)15/h6-7,19H,4-5,8H2,1-3H3,(H2,17,18,20). The molecule has 0 bridgehead atoms. The molecule has 0 spiro atoms. The smallest absolute Gasteiger partial charge is 0.319 e. The van der Waals surface area contributed by atoms with E-state index in [9.17, 15) is 18.7 Å². The van der Waals surface area contributed by atoms with Crippen molar-refractivity contribution in [3.05, 3.63) is 23.8 Å². The van der Waals surface area contributed by atoms with E-state index in [0.29, 0.717) is 12.8 Å². The van der Waals surface area contributed by atoms with E-state index in [-0.39, 0.29) is 18.0 Å². The summed E-state index contributed by atoms with van der Waals surface area (Å²) >= 11 is 0. The average molecular weight is 302 g/mol. The van der Waals surface area contributed by atoms with Gasteiger partial charge in [0.15, 0.2) is 17.4 Å². The second-order valence-electron chi connectivity index (χ2n) is 4.69. The Morgan fingerprint density at radius 1 is 1.29 bits per heavy atom. The van der Waals surface area contributed by atoms with Gasteiger partial charge in [0.2, 0.25) is 0 Å². The van der Waals surface area contributed by atoms with Crippen LogP contribution in [0.4, 0.5) is 19.3 Å². The Hall–Kier alpha value is -1.89. The molecule has 0 heterocycles. The maximum absolute atomic E-state index is 13.7. The molecule has 0 unspecified atom stereocenters. The number of aliphatic hydroxyl groups is 1. The molecule has 0 aromatic heterocycles. The van der Waals surface area contributed by atoms with Crippen molar-refractivity contribution in [1.82, 2.24) is 5.32 Å². The molecule has 1 aromatic carbocycles. The Bertz CT molecular complexity index is 497. The minimum atomic E-state index is -0.814. The molecule has 2 amide bonds. The van der Waals surface area contributed by atoms with Crippen LogP contribution < -0.4 is 15.4 Å². The van der Waals surface area contributed by atoms with E-state index in [4.69, 9.17) is 0 Å². The van der Waals surface area contributed by atoms with Crippen LogP contribution in [0, 0.1) is 11.6 Å². The lowest BCUT2D eigenvalue weighted by Crippen LogP contribution is -2.52. The van der Waals surface area contributed by atoms with Crippen LogP contribution in [0.25, 0.3) is 0 Å². The van der Waals surface area contributed by atoms with Crippen molar-refractivity contribution < 1.29 is 23.4 Å². The van der Waals surface area contributed by atoms with Crippen molar-refractivity contribution in [2.75, 3.05) is 19.0 Å². The Morgan fingerprint density at radius 2 is 1.90 bits per heavy atom. The second kappa shape index (κ2) is 7.21. The Morgan fingerprint density at radius 3 is 2.38 bits per heavy atom. The van der Waals surface area contributed by atoms with Crippen LogP contribution in [0.1, 0.15) is 26.7 Å². The number of carbonyl (C=O) groups excluding carboxylic acids is 1. The van der Waals surface area contributed by atoms with Crippen molar-refractivity contribution >= 4 is 11.7 Å². The first-order valence-corrected chi connectivity index (χ1v) is 6.64. The summed E-state index contributed by atoms with van der Waals surface area (Å²) < 4.78 is 31.9. The topological polar surface area (TPSA) is 70.6 Å². The average Bonchev–Trinajstić information content (AvgIpc) is 2.48. The van der Waals surface area contributed by atoms with Gasteiger partial charge in [-0.25, -0.2) is 13.6 Å². The Labute approximate surface area is 122 Å². The highest BCUT2D eigenvalue weighted by Gasteiger charge is 2.27. The molecule has 21 heavy (non-hydrogen) atoms. The van der Waals surface area contributed by atoms with E-state index in [2.05, 4.69) is 15.4 Å². The lowest BCUT2D eigenvalue weighted by molar-refractivity contribution is 0.155. The number of urea groups is 1. The van der Waals surface area contributed by atoms with Crippen molar-refractivity contribution in [3.63, 3.8) is 0 Å². The molecule has 0 aliphatic rings. The Balaban J connectivity index is 2.86. The highest BCUT2D eigenvalue weighted by molar-refractivity contribution is 5.90. The molecule has 0 fully saturated rings. The van der Waals surface area contributed by atoms with Crippen LogP contribution in [-0.4, -0.2) is 30.4 Å². The minimum Gasteiger partial charge on any atom is -0.494 e. The van der Waals surface area contributed by atoms with Crippen LogP contribution in [-0.2, 0) is 0 Å². The fourth-order valence-electron chi connectivity index (χ4n) is 1.87. The quantitative estimate of drug-likeness (QED) is 0.756. The number of halogens is 2. The van der Waals surface area contributed by atoms with Crippen LogP contribution in [0.3, 0.4) is 0 Å². The molecule has 5 nitrogen and oxygen atoms in total. The number of rotatable bonds is 6. The van der Waals surface area contributed by atoms with Crippen molar-refractivity contribution in [2.45, 2.75) is 32.2 Å².